The van der Waals surface area contributed by atoms with Crippen LogP contribution in [0.5, 0.6) is 0 Å². The molecule has 1 amide bonds. The molecule has 498 valence electrons. The lowest BCUT2D eigenvalue weighted by atomic mass is 9.99. The lowest BCUT2D eigenvalue weighted by molar-refractivity contribution is -0.302. The van der Waals surface area contributed by atoms with Crippen LogP contribution in [0.2, 0.25) is 0 Å². The van der Waals surface area contributed by atoms with Crippen molar-refractivity contribution in [2.75, 3.05) is 13.2 Å². The fraction of sp³-hybridized carbons (Fsp3) is 0.855. The molecule has 0 aromatic carbocycles. The van der Waals surface area contributed by atoms with Crippen molar-refractivity contribution in [3.63, 3.8) is 0 Å². The molecule has 1 aliphatic rings. The van der Waals surface area contributed by atoms with Crippen LogP contribution in [0.3, 0.4) is 0 Å². The molecule has 1 saturated heterocycles. The molecule has 85 heavy (non-hydrogen) atoms. The van der Waals surface area contributed by atoms with E-state index in [-0.39, 0.29) is 12.5 Å². The van der Waals surface area contributed by atoms with Crippen molar-refractivity contribution in [3.05, 3.63) is 60.8 Å². The summed E-state index contributed by atoms with van der Waals surface area (Å²) in [5.41, 5.74) is 0. The first kappa shape index (κ1) is 80.9. The lowest BCUT2D eigenvalue weighted by Gasteiger charge is -2.40. The van der Waals surface area contributed by atoms with Crippen LogP contribution >= 0.6 is 0 Å². The van der Waals surface area contributed by atoms with Gasteiger partial charge in [0.25, 0.3) is 0 Å². The first-order chi connectivity index (χ1) is 41.8. The van der Waals surface area contributed by atoms with Crippen LogP contribution in [0.1, 0.15) is 361 Å². The van der Waals surface area contributed by atoms with Crippen LogP contribution in [0.4, 0.5) is 0 Å². The summed E-state index contributed by atoms with van der Waals surface area (Å²) >= 11 is 0. The number of hydrogen-bond acceptors (Lipinski definition) is 8. The number of rotatable bonds is 65. The zero-order valence-electron chi connectivity index (χ0n) is 55.9. The molecule has 7 atom stereocenters. The van der Waals surface area contributed by atoms with Gasteiger partial charge in [0, 0.05) is 6.42 Å². The Morgan fingerprint density at radius 2 is 0.729 bits per heavy atom. The first-order valence-corrected chi connectivity index (χ1v) is 37.0. The number of aliphatic hydroxyl groups excluding tert-OH is 5. The second kappa shape index (κ2) is 64.9. The molecule has 0 radical (unpaired) electrons. The molecule has 9 heteroatoms. The van der Waals surface area contributed by atoms with E-state index in [1.807, 2.05) is 0 Å². The maximum atomic E-state index is 13.2. The number of amides is 1. The average molecular weight is 1200 g/mol. The van der Waals surface area contributed by atoms with E-state index >= 15 is 0 Å². The van der Waals surface area contributed by atoms with Gasteiger partial charge in [-0.05, 0) is 57.8 Å². The van der Waals surface area contributed by atoms with Gasteiger partial charge in [0.15, 0.2) is 6.29 Å². The van der Waals surface area contributed by atoms with E-state index < -0.39 is 49.5 Å². The van der Waals surface area contributed by atoms with Crippen molar-refractivity contribution in [3.8, 4) is 0 Å². The third-order valence-electron chi connectivity index (χ3n) is 17.6. The highest BCUT2D eigenvalue weighted by molar-refractivity contribution is 5.76. The third-order valence-corrected chi connectivity index (χ3v) is 17.6. The molecule has 0 bridgehead atoms. The molecule has 1 rings (SSSR count). The summed E-state index contributed by atoms with van der Waals surface area (Å²) in [6, 6.07) is -0.720. The molecule has 1 aliphatic heterocycles. The van der Waals surface area contributed by atoms with Gasteiger partial charge in [0.1, 0.15) is 24.4 Å². The quantitative estimate of drug-likeness (QED) is 0.0261. The van der Waals surface area contributed by atoms with Gasteiger partial charge in [0.2, 0.25) is 5.91 Å². The van der Waals surface area contributed by atoms with Crippen molar-refractivity contribution in [2.45, 2.75) is 403 Å². The largest absolute Gasteiger partial charge is 0.394 e. The van der Waals surface area contributed by atoms with Crippen LogP contribution < -0.4 is 5.32 Å². The predicted molar refractivity (Wildman–Crippen MR) is 364 cm³/mol. The minimum absolute atomic E-state index is 0.135. The molecule has 1 heterocycles. The van der Waals surface area contributed by atoms with Gasteiger partial charge in [-0.15, -0.1) is 0 Å². The number of hydrogen-bond donors (Lipinski definition) is 6. The summed E-state index contributed by atoms with van der Waals surface area (Å²) in [7, 11) is 0. The molecule has 1 fully saturated rings. The summed E-state index contributed by atoms with van der Waals surface area (Å²) < 4.78 is 11.4. The molecular formula is C76H141NO8. The van der Waals surface area contributed by atoms with Crippen LogP contribution in [-0.4, -0.2) is 87.5 Å². The van der Waals surface area contributed by atoms with E-state index in [0.29, 0.717) is 12.8 Å². The molecule has 0 spiro atoms. The number of ether oxygens (including phenoxy) is 2. The van der Waals surface area contributed by atoms with Crippen molar-refractivity contribution in [1.29, 1.82) is 0 Å². The Morgan fingerprint density at radius 3 is 1.08 bits per heavy atom. The smallest absolute Gasteiger partial charge is 0.220 e. The van der Waals surface area contributed by atoms with Crippen molar-refractivity contribution >= 4 is 5.91 Å². The Balaban J connectivity index is 2.07. The SMILES string of the molecule is CC/C=C\C/C=C\C/C=C\C/C=C\C/C=C\CCCCCCCCCCCCCCCCCCCCCCCC(=O)NC(COC1OC(CO)C(O)C(O)C1O)C(O)CCCCCCCCCCCCCCCCCCCCCCCCCCC. The van der Waals surface area contributed by atoms with E-state index in [9.17, 15) is 30.3 Å². The van der Waals surface area contributed by atoms with E-state index in [4.69, 9.17) is 9.47 Å². The van der Waals surface area contributed by atoms with Gasteiger partial charge < -0.3 is 40.3 Å². The Morgan fingerprint density at radius 1 is 0.412 bits per heavy atom. The molecule has 0 aromatic rings. The zero-order valence-corrected chi connectivity index (χ0v) is 55.9. The van der Waals surface area contributed by atoms with Crippen molar-refractivity contribution < 1.29 is 39.8 Å². The van der Waals surface area contributed by atoms with Gasteiger partial charge in [-0.1, -0.05) is 357 Å². The van der Waals surface area contributed by atoms with E-state index in [2.05, 4.69) is 79.9 Å². The Labute approximate surface area is 526 Å². The normalized spacial score (nSPS) is 18.4. The molecule has 7 unspecified atom stereocenters. The number of aliphatic hydroxyl groups is 5. The van der Waals surface area contributed by atoms with E-state index in [1.54, 1.807) is 0 Å². The highest BCUT2D eigenvalue weighted by Crippen LogP contribution is 2.24. The number of carbonyl (C=O) groups excluding carboxylic acids is 1. The molecule has 0 aromatic heterocycles. The number of carbonyl (C=O) groups is 1. The Bertz CT molecular complexity index is 1530. The minimum Gasteiger partial charge on any atom is -0.394 e. The fourth-order valence-electron chi connectivity index (χ4n) is 11.9. The molecule has 0 aliphatic carbocycles. The predicted octanol–water partition coefficient (Wildman–Crippen LogP) is 20.5. The summed E-state index contributed by atoms with van der Waals surface area (Å²) in [6.07, 6.45) is 83.0. The molecule has 0 saturated carbocycles. The Hall–Kier alpha value is -2.11. The van der Waals surface area contributed by atoms with Crippen LogP contribution in [0.15, 0.2) is 60.8 Å². The van der Waals surface area contributed by atoms with Gasteiger partial charge in [-0.2, -0.15) is 0 Å². The topological polar surface area (TPSA) is 149 Å². The second-order valence-electron chi connectivity index (χ2n) is 25.7. The highest BCUT2D eigenvalue weighted by Gasteiger charge is 2.44. The van der Waals surface area contributed by atoms with Crippen LogP contribution in [0, 0.1) is 0 Å². The summed E-state index contributed by atoms with van der Waals surface area (Å²) in [5.74, 6) is -0.137. The number of unbranched alkanes of at least 4 members (excludes halogenated alkanes) is 45. The molecular weight excluding hydrogens is 1050 g/mol. The molecule has 6 N–H and O–H groups in total. The second-order valence-corrected chi connectivity index (χ2v) is 25.7. The number of allylic oxidation sites excluding steroid dienone is 10. The van der Waals surface area contributed by atoms with Crippen molar-refractivity contribution in [1.82, 2.24) is 5.32 Å². The van der Waals surface area contributed by atoms with Gasteiger partial charge >= 0.3 is 0 Å². The van der Waals surface area contributed by atoms with Gasteiger partial charge in [-0.25, -0.2) is 0 Å². The number of nitrogens with one attached hydrogen (secondary N) is 1. The minimum atomic E-state index is -1.55. The maximum Gasteiger partial charge on any atom is 0.220 e. The van der Waals surface area contributed by atoms with Gasteiger partial charge in [0.05, 0.1) is 25.4 Å². The summed E-state index contributed by atoms with van der Waals surface area (Å²) in [5, 5.41) is 55.0. The maximum absolute atomic E-state index is 13.2. The third kappa shape index (κ3) is 53.4. The highest BCUT2D eigenvalue weighted by atomic mass is 16.7. The lowest BCUT2D eigenvalue weighted by Crippen LogP contribution is -2.60. The van der Waals surface area contributed by atoms with E-state index in [1.165, 1.54) is 263 Å². The average Bonchev–Trinajstić information content (AvgIpc) is 3.57. The van der Waals surface area contributed by atoms with Crippen LogP contribution in [0.25, 0.3) is 0 Å². The fourth-order valence-corrected chi connectivity index (χ4v) is 11.9. The van der Waals surface area contributed by atoms with E-state index in [0.717, 1.165) is 70.6 Å². The zero-order chi connectivity index (χ0) is 61.4. The monoisotopic (exact) mass is 1200 g/mol. The Kier molecular flexibility index (Phi) is 61.7. The molecule has 9 nitrogen and oxygen atoms in total. The first-order valence-electron chi connectivity index (χ1n) is 37.0. The summed E-state index contributed by atoms with van der Waals surface area (Å²) in [4.78, 5) is 13.2. The van der Waals surface area contributed by atoms with Crippen LogP contribution in [-0.2, 0) is 14.3 Å². The van der Waals surface area contributed by atoms with Crippen molar-refractivity contribution in [2.24, 2.45) is 0 Å². The van der Waals surface area contributed by atoms with Gasteiger partial charge in [-0.3, -0.25) is 4.79 Å². The standard InChI is InChI=1S/C76H141NO8/c1-3-5-7-9-11-13-15-17-19-21-23-25-27-29-30-31-32-33-34-35-36-37-38-39-40-42-44-46-48-50-52-54-56-58-60-62-64-66-72(80)77-69(68-84-76-75(83)74(82)73(81)71(67-78)85-76)70(79)65-63-61-59-57-55-53-51-49-47-45-43-41-28-26-24-22-20-18-16-14-12-10-8-6-4-2/h5,7,11,13,17,19,23,25,29-30,69-71,73-76,78-79,81-83H,3-4,6,8-10,12,14-16,18,20-22,24,26-28,31-68H2,1-2H3,(H,77,80)/b7-5-,13-11-,19-17-,25-23-,30-29-. The summed E-state index contributed by atoms with van der Waals surface area (Å²) in [6.45, 7) is 3.78.